The van der Waals surface area contributed by atoms with Gasteiger partial charge in [-0.25, -0.2) is 4.98 Å². The number of rotatable bonds is 4. The molecule has 3 rings (SSSR count). The van der Waals surface area contributed by atoms with Crippen molar-refractivity contribution in [2.45, 2.75) is 20.3 Å². The van der Waals surface area contributed by atoms with Crippen LogP contribution in [0.5, 0.6) is 0 Å². The third-order valence-corrected chi connectivity index (χ3v) is 4.16. The molecule has 2 aromatic rings. The maximum absolute atomic E-state index is 12.4. The maximum atomic E-state index is 12.4. The second-order valence-electron chi connectivity index (χ2n) is 6.34. The number of hydrogen-bond acceptors (Lipinski definition) is 4. The summed E-state index contributed by atoms with van der Waals surface area (Å²) in [5.74, 6) is -0.416. The molecule has 1 atom stereocenters. The molecule has 0 saturated carbocycles. The molecular formula is C19H20N4O3. The fourth-order valence-electron chi connectivity index (χ4n) is 2.89. The number of amides is 3. The van der Waals surface area contributed by atoms with E-state index in [9.17, 15) is 14.4 Å². The number of nitrogens with zero attached hydrogens (tertiary/aromatic N) is 2. The lowest BCUT2D eigenvalue weighted by atomic mass is 10.1. The number of aromatic nitrogens is 1. The van der Waals surface area contributed by atoms with E-state index < -0.39 is 5.92 Å². The van der Waals surface area contributed by atoms with Crippen LogP contribution in [-0.4, -0.2) is 29.3 Å². The summed E-state index contributed by atoms with van der Waals surface area (Å²) >= 11 is 0. The second kappa shape index (κ2) is 7.35. The zero-order valence-corrected chi connectivity index (χ0v) is 14.7. The largest absolute Gasteiger partial charge is 0.326 e. The second-order valence-corrected chi connectivity index (χ2v) is 6.34. The molecule has 0 aliphatic carbocycles. The average Bonchev–Trinajstić information content (AvgIpc) is 2.97. The number of aryl methyl sites for hydroxylation is 1. The maximum Gasteiger partial charge on any atom is 0.230 e. The van der Waals surface area contributed by atoms with Crippen LogP contribution in [0, 0.1) is 12.8 Å². The fourth-order valence-corrected chi connectivity index (χ4v) is 2.89. The molecule has 0 radical (unpaired) electrons. The van der Waals surface area contributed by atoms with Gasteiger partial charge in [-0.1, -0.05) is 0 Å². The highest BCUT2D eigenvalue weighted by Gasteiger charge is 2.35. The summed E-state index contributed by atoms with van der Waals surface area (Å²) in [4.78, 5) is 41.5. The van der Waals surface area contributed by atoms with Gasteiger partial charge in [0, 0.05) is 37.5 Å². The van der Waals surface area contributed by atoms with Crippen molar-refractivity contribution < 1.29 is 14.4 Å². The molecule has 1 aromatic heterocycles. The minimum absolute atomic E-state index is 0.102. The van der Waals surface area contributed by atoms with Crippen molar-refractivity contribution in [3.63, 3.8) is 0 Å². The Morgan fingerprint density at radius 2 is 1.88 bits per heavy atom. The minimum atomic E-state index is -0.431. The molecule has 2 heterocycles. The lowest BCUT2D eigenvalue weighted by molar-refractivity contribution is -0.122. The van der Waals surface area contributed by atoms with E-state index in [1.165, 1.54) is 6.92 Å². The van der Waals surface area contributed by atoms with Crippen LogP contribution in [0.15, 0.2) is 42.6 Å². The molecule has 1 fully saturated rings. The van der Waals surface area contributed by atoms with Gasteiger partial charge in [-0.05, 0) is 48.9 Å². The van der Waals surface area contributed by atoms with Gasteiger partial charge in [-0.15, -0.1) is 0 Å². The van der Waals surface area contributed by atoms with Gasteiger partial charge in [0.15, 0.2) is 0 Å². The van der Waals surface area contributed by atoms with Crippen LogP contribution in [0.2, 0.25) is 0 Å². The smallest absolute Gasteiger partial charge is 0.230 e. The first-order valence-corrected chi connectivity index (χ1v) is 8.34. The monoisotopic (exact) mass is 352 g/mol. The van der Waals surface area contributed by atoms with Gasteiger partial charge in [-0.2, -0.15) is 0 Å². The van der Waals surface area contributed by atoms with Crippen LogP contribution >= 0.6 is 0 Å². The zero-order valence-electron chi connectivity index (χ0n) is 14.7. The molecule has 1 saturated heterocycles. The summed E-state index contributed by atoms with van der Waals surface area (Å²) in [6.45, 7) is 3.67. The predicted molar refractivity (Wildman–Crippen MR) is 98.8 cm³/mol. The van der Waals surface area contributed by atoms with Gasteiger partial charge in [0.1, 0.15) is 5.82 Å². The van der Waals surface area contributed by atoms with E-state index in [2.05, 4.69) is 15.6 Å². The van der Waals surface area contributed by atoms with E-state index in [1.807, 2.05) is 13.0 Å². The van der Waals surface area contributed by atoms with Gasteiger partial charge in [-0.3, -0.25) is 14.4 Å². The summed E-state index contributed by atoms with van der Waals surface area (Å²) in [7, 11) is 0. The average molecular weight is 352 g/mol. The molecule has 7 heteroatoms. The first-order chi connectivity index (χ1) is 12.4. The quantitative estimate of drug-likeness (QED) is 0.883. The molecule has 0 bridgehead atoms. The molecule has 134 valence electrons. The van der Waals surface area contributed by atoms with Crippen LogP contribution in [-0.2, 0) is 14.4 Å². The lowest BCUT2D eigenvalue weighted by Gasteiger charge is -2.17. The molecular weight excluding hydrogens is 332 g/mol. The van der Waals surface area contributed by atoms with Gasteiger partial charge >= 0.3 is 0 Å². The number of anilines is 3. The number of benzene rings is 1. The van der Waals surface area contributed by atoms with Crippen molar-refractivity contribution in [1.82, 2.24) is 4.98 Å². The Morgan fingerprint density at radius 1 is 1.15 bits per heavy atom. The number of nitrogens with one attached hydrogen (secondary N) is 2. The third kappa shape index (κ3) is 4.05. The van der Waals surface area contributed by atoms with Gasteiger partial charge < -0.3 is 15.5 Å². The van der Waals surface area contributed by atoms with Crippen LogP contribution in [0.4, 0.5) is 17.2 Å². The third-order valence-electron chi connectivity index (χ3n) is 4.16. The highest BCUT2D eigenvalue weighted by atomic mass is 16.2. The Morgan fingerprint density at radius 3 is 2.54 bits per heavy atom. The molecule has 0 spiro atoms. The number of carbonyl (C=O) groups excluding carboxylic acids is 3. The van der Waals surface area contributed by atoms with Crippen molar-refractivity contribution in [2.24, 2.45) is 5.92 Å². The van der Waals surface area contributed by atoms with Crippen molar-refractivity contribution in [1.29, 1.82) is 0 Å². The molecule has 2 N–H and O–H groups in total. The topological polar surface area (TPSA) is 91.4 Å². The highest BCUT2D eigenvalue weighted by Crippen LogP contribution is 2.27. The number of pyridine rings is 1. The minimum Gasteiger partial charge on any atom is -0.326 e. The van der Waals surface area contributed by atoms with Crippen LogP contribution in [0.25, 0.3) is 0 Å². The van der Waals surface area contributed by atoms with E-state index in [4.69, 9.17) is 0 Å². The van der Waals surface area contributed by atoms with E-state index in [0.717, 1.165) is 5.56 Å². The normalized spacial score (nSPS) is 16.5. The summed E-state index contributed by atoms with van der Waals surface area (Å²) in [5, 5.41) is 5.45. The van der Waals surface area contributed by atoms with Crippen molar-refractivity contribution in [2.75, 3.05) is 22.1 Å². The van der Waals surface area contributed by atoms with Gasteiger partial charge in [0.25, 0.3) is 0 Å². The van der Waals surface area contributed by atoms with Gasteiger partial charge in [0.2, 0.25) is 17.7 Å². The van der Waals surface area contributed by atoms with E-state index >= 15 is 0 Å². The summed E-state index contributed by atoms with van der Waals surface area (Å²) in [6, 6.07) is 10.6. The fraction of sp³-hybridized carbons (Fsp3) is 0.263. The number of carbonyl (C=O) groups is 3. The number of hydrogen-bond donors (Lipinski definition) is 2. The van der Waals surface area contributed by atoms with Crippen LogP contribution in [0.3, 0.4) is 0 Å². The summed E-state index contributed by atoms with van der Waals surface area (Å²) in [5.41, 5.74) is 2.36. The summed E-state index contributed by atoms with van der Waals surface area (Å²) < 4.78 is 0. The molecule has 7 nitrogen and oxygen atoms in total. The lowest BCUT2D eigenvalue weighted by Crippen LogP contribution is -2.28. The van der Waals surface area contributed by atoms with E-state index in [0.29, 0.717) is 23.7 Å². The SMILES string of the molecule is CC(=O)Nc1ccc(N2C[C@@H](C(=O)Nc3cc(C)ccn3)CC2=O)cc1. The molecule has 1 aliphatic rings. The Labute approximate surface area is 151 Å². The molecule has 0 unspecified atom stereocenters. The molecule has 1 aliphatic heterocycles. The van der Waals surface area contributed by atoms with Crippen molar-refractivity contribution in [3.8, 4) is 0 Å². The van der Waals surface area contributed by atoms with E-state index in [-0.39, 0.29) is 24.1 Å². The standard InChI is InChI=1S/C19H20N4O3/c1-12-7-8-20-17(9-12)22-19(26)14-10-18(25)23(11-14)16-5-3-15(4-6-16)21-13(2)24/h3-9,14H,10-11H2,1-2H3,(H,21,24)(H,20,22,26)/t14-/m0/s1. The van der Waals surface area contributed by atoms with E-state index in [1.54, 1.807) is 41.4 Å². The Hall–Kier alpha value is -3.22. The molecule has 1 aromatic carbocycles. The Kier molecular flexibility index (Phi) is 4.97. The molecule has 26 heavy (non-hydrogen) atoms. The summed E-state index contributed by atoms with van der Waals surface area (Å²) in [6.07, 6.45) is 1.79. The highest BCUT2D eigenvalue weighted by molar-refractivity contribution is 6.03. The Balaban J connectivity index is 1.66. The molecule has 3 amide bonds. The van der Waals surface area contributed by atoms with Crippen molar-refractivity contribution in [3.05, 3.63) is 48.2 Å². The Bertz CT molecular complexity index is 848. The van der Waals surface area contributed by atoms with Crippen LogP contribution < -0.4 is 15.5 Å². The van der Waals surface area contributed by atoms with Crippen LogP contribution in [0.1, 0.15) is 18.9 Å². The first-order valence-electron chi connectivity index (χ1n) is 8.34. The van der Waals surface area contributed by atoms with Crippen molar-refractivity contribution >= 4 is 34.9 Å². The van der Waals surface area contributed by atoms with Gasteiger partial charge in [0.05, 0.1) is 5.92 Å². The predicted octanol–water partition coefficient (Wildman–Crippen LogP) is 2.34. The zero-order chi connectivity index (χ0) is 18.7. The first kappa shape index (κ1) is 17.6.